The molecule has 0 unspecified atom stereocenters. The van der Waals surface area contributed by atoms with Gasteiger partial charge < -0.3 is 9.47 Å². The second-order valence-corrected chi connectivity index (χ2v) is 4.50. The summed E-state index contributed by atoms with van der Waals surface area (Å²) in [5.74, 6) is 1.70. The number of hydrogen-bond donors (Lipinski definition) is 0. The lowest BCUT2D eigenvalue weighted by Crippen LogP contribution is -1.92. The Morgan fingerprint density at radius 1 is 1.24 bits per heavy atom. The Morgan fingerprint density at radius 3 is 2.65 bits per heavy atom. The van der Waals surface area contributed by atoms with Gasteiger partial charge in [0.1, 0.15) is 5.01 Å². The Morgan fingerprint density at radius 2 is 2.06 bits per heavy atom. The molecule has 0 atom stereocenters. The molecule has 0 saturated carbocycles. The topological polar surface area (TPSA) is 44.2 Å². The summed E-state index contributed by atoms with van der Waals surface area (Å²) in [5, 5.41) is 9.63. The molecule has 0 saturated heterocycles. The average Bonchev–Trinajstić information content (AvgIpc) is 2.86. The molecule has 4 nitrogen and oxygen atoms in total. The third kappa shape index (κ3) is 2.35. The smallest absolute Gasteiger partial charge is 0.171 e. The maximum absolute atomic E-state index is 5.71. The molecule has 17 heavy (non-hydrogen) atoms. The standard InChI is InChI=1S/C11H11ClN2O2S/c1-15-8-5-3-4-7(10(8)16-2)11-14-13-9(6-12)17-11/h3-5H,6H2,1-2H3. The van der Waals surface area contributed by atoms with Crippen LogP contribution in [0.3, 0.4) is 0 Å². The molecule has 2 rings (SSSR count). The van der Waals surface area contributed by atoms with Gasteiger partial charge in [-0.2, -0.15) is 0 Å². The fraction of sp³-hybridized carbons (Fsp3) is 0.273. The number of alkyl halides is 1. The number of hydrogen-bond acceptors (Lipinski definition) is 5. The van der Waals surface area contributed by atoms with Gasteiger partial charge in [0.2, 0.25) is 0 Å². The summed E-state index contributed by atoms with van der Waals surface area (Å²) < 4.78 is 10.6. The van der Waals surface area contributed by atoms with Gasteiger partial charge in [-0.1, -0.05) is 17.4 Å². The van der Waals surface area contributed by atoms with Crippen LogP contribution in [0.1, 0.15) is 5.01 Å². The highest BCUT2D eigenvalue weighted by atomic mass is 35.5. The van der Waals surface area contributed by atoms with Gasteiger partial charge in [0.15, 0.2) is 16.5 Å². The van der Waals surface area contributed by atoms with Crippen LogP contribution in [0.4, 0.5) is 0 Å². The Balaban J connectivity index is 2.50. The van der Waals surface area contributed by atoms with Gasteiger partial charge in [0.05, 0.1) is 25.7 Å². The molecule has 0 amide bonds. The maximum Gasteiger partial charge on any atom is 0.171 e. The van der Waals surface area contributed by atoms with E-state index in [4.69, 9.17) is 21.1 Å². The minimum atomic E-state index is 0.365. The summed E-state index contributed by atoms with van der Waals surface area (Å²) in [5.41, 5.74) is 0.862. The summed E-state index contributed by atoms with van der Waals surface area (Å²) in [7, 11) is 3.21. The van der Waals surface area contributed by atoms with E-state index in [-0.39, 0.29) is 0 Å². The normalized spacial score (nSPS) is 10.3. The summed E-state index contributed by atoms with van der Waals surface area (Å²) in [6.07, 6.45) is 0. The fourth-order valence-corrected chi connectivity index (χ4v) is 2.40. The van der Waals surface area contributed by atoms with Crippen LogP contribution in [0.15, 0.2) is 18.2 Å². The second kappa shape index (κ2) is 5.33. The summed E-state index contributed by atoms with van der Waals surface area (Å²) in [6, 6.07) is 5.64. The number of halogens is 1. The zero-order valence-corrected chi connectivity index (χ0v) is 11.0. The van der Waals surface area contributed by atoms with Crippen LogP contribution in [0.2, 0.25) is 0 Å². The van der Waals surface area contributed by atoms with Crippen LogP contribution in [0.25, 0.3) is 10.6 Å². The van der Waals surface area contributed by atoms with Gasteiger partial charge in [-0.05, 0) is 12.1 Å². The number of methoxy groups -OCH3 is 2. The molecule has 6 heteroatoms. The predicted molar refractivity (Wildman–Crippen MR) is 68.0 cm³/mol. The Bertz CT molecular complexity index is 516. The van der Waals surface area contributed by atoms with E-state index in [0.29, 0.717) is 17.4 Å². The SMILES string of the molecule is COc1cccc(-c2nnc(CCl)s2)c1OC. The molecule has 0 N–H and O–H groups in total. The lowest BCUT2D eigenvalue weighted by molar-refractivity contribution is 0.356. The number of rotatable bonds is 4. The van der Waals surface area contributed by atoms with Gasteiger partial charge in [-0.15, -0.1) is 21.8 Å². The minimum Gasteiger partial charge on any atom is -0.493 e. The lowest BCUT2D eigenvalue weighted by atomic mass is 10.2. The molecule has 0 fully saturated rings. The Labute approximate surface area is 108 Å². The van der Waals surface area contributed by atoms with Crippen LogP contribution in [0, 0.1) is 0 Å². The highest BCUT2D eigenvalue weighted by Gasteiger charge is 2.15. The zero-order chi connectivity index (χ0) is 12.3. The molecular formula is C11H11ClN2O2S. The van der Waals surface area contributed by atoms with Crippen molar-refractivity contribution >= 4 is 22.9 Å². The van der Waals surface area contributed by atoms with E-state index < -0.39 is 0 Å². The predicted octanol–water partition coefficient (Wildman–Crippen LogP) is 2.96. The average molecular weight is 271 g/mol. The second-order valence-electron chi connectivity index (χ2n) is 3.18. The Hall–Kier alpha value is -1.33. The van der Waals surface area contributed by atoms with Gasteiger partial charge >= 0.3 is 0 Å². The van der Waals surface area contributed by atoms with Crippen molar-refractivity contribution in [3.63, 3.8) is 0 Å². The first-order valence-electron chi connectivity index (χ1n) is 4.90. The van der Waals surface area contributed by atoms with Crippen molar-refractivity contribution < 1.29 is 9.47 Å². The maximum atomic E-state index is 5.71. The molecule has 1 aromatic carbocycles. The van der Waals surface area contributed by atoms with E-state index in [1.54, 1.807) is 14.2 Å². The molecule has 0 radical (unpaired) electrons. The highest BCUT2D eigenvalue weighted by molar-refractivity contribution is 7.14. The summed E-state index contributed by atoms with van der Waals surface area (Å²) in [6.45, 7) is 0. The monoisotopic (exact) mass is 270 g/mol. The molecule has 0 aliphatic heterocycles. The molecule has 0 spiro atoms. The molecular weight excluding hydrogens is 260 g/mol. The van der Waals surface area contributed by atoms with Crippen LogP contribution < -0.4 is 9.47 Å². The molecule has 0 aliphatic carbocycles. The van der Waals surface area contributed by atoms with Crippen molar-refractivity contribution in [2.24, 2.45) is 0 Å². The van der Waals surface area contributed by atoms with E-state index in [2.05, 4.69) is 10.2 Å². The summed E-state index contributed by atoms with van der Waals surface area (Å²) >= 11 is 7.16. The number of aromatic nitrogens is 2. The molecule has 0 bridgehead atoms. The minimum absolute atomic E-state index is 0.365. The van der Waals surface area contributed by atoms with Crippen molar-refractivity contribution in [3.05, 3.63) is 23.2 Å². The number of ether oxygens (including phenoxy) is 2. The molecule has 1 heterocycles. The van der Waals surface area contributed by atoms with Gasteiger partial charge in [0, 0.05) is 0 Å². The van der Waals surface area contributed by atoms with Crippen molar-refractivity contribution in [2.75, 3.05) is 14.2 Å². The molecule has 0 aliphatic rings. The lowest BCUT2D eigenvalue weighted by Gasteiger charge is -2.10. The number of benzene rings is 1. The van der Waals surface area contributed by atoms with Gasteiger partial charge in [-0.25, -0.2) is 0 Å². The van der Waals surface area contributed by atoms with E-state index >= 15 is 0 Å². The first kappa shape index (κ1) is 12.1. The number of para-hydroxylation sites is 1. The Kier molecular flexibility index (Phi) is 3.81. The third-order valence-electron chi connectivity index (χ3n) is 2.21. The zero-order valence-electron chi connectivity index (χ0n) is 9.44. The van der Waals surface area contributed by atoms with Crippen LogP contribution >= 0.6 is 22.9 Å². The van der Waals surface area contributed by atoms with Crippen LogP contribution in [-0.2, 0) is 5.88 Å². The van der Waals surface area contributed by atoms with E-state index in [9.17, 15) is 0 Å². The van der Waals surface area contributed by atoms with E-state index in [1.165, 1.54) is 11.3 Å². The largest absolute Gasteiger partial charge is 0.493 e. The van der Waals surface area contributed by atoms with Crippen molar-refractivity contribution in [1.82, 2.24) is 10.2 Å². The molecule has 1 aromatic heterocycles. The van der Waals surface area contributed by atoms with Crippen molar-refractivity contribution in [1.29, 1.82) is 0 Å². The first-order valence-corrected chi connectivity index (χ1v) is 6.25. The summed E-state index contributed by atoms with van der Waals surface area (Å²) in [4.78, 5) is 0. The molecule has 90 valence electrons. The highest BCUT2D eigenvalue weighted by Crippen LogP contribution is 2.38. The van der Waals surface area contributed by atoms with Crippen molar-refractivity contribution in [2.45, 2.75) is 5.88 Å². The van der Waals surface area contributed by atoms with Crippen LogP contribution in [0.5, 0.6) is 11.5 Å². The van der Waals surface area contributed by atoms with E-state index in [1.807, 2.05) is 18.2 Å². The van der Waals surface area contributed by atoms with Crippen molar-refractivity contribution in [3.8, 4) is 22.1 Å². The molecule has 2 aromatic rings. The van der Waals surface area contributed by atoms with Gasteiger partial charge in [-0.3, -0.25) is 0 Å². The van der Waals surface area contributed by atoms with E-state index in [0.717, 1.165) is 15.6 Å². The number of nitrogens with zero attached hydrogens (tertiary/aromatic N) is 2. The quantitative estimate of drug-likeness (QED) is 0.801. The van der Waals surface area contributed by atoms with Gasteiger partial charge in [0.25, 0.3) is 0 Å². The third-order valence-corrected chi connectivity index (χ3v) is 3.58. The van der Waals surface area contributed by atoms with Crippen LogP contribution in [-0.4, -0.2) is 24.4 Å². The fourth-order valence-electron chi connectivity index (χ4n) is 1.47. The first-order chi connectivity index (χ1) is 8.30.